The van der Waals surface area contributed by atoms with E-state index in [-0.39, 0.29) is 18.3 Å². The minimum Gasteiger partial charge on any atom is -0.493 e. The quantitative estimate of drug-likeness (QED) is 0.611. The number of hydrogen-bond acceptors (Lipinski definition) is 3. The van der Waals surface area contributed by atoms with Crippen molar-refractivity contribution in [2.45, 2.75) is 39.0 Å². The second-order valence-corrected chi connectivity index (χ2v) is 8.48. The summed E-state index contributed by atoms with van der Waals surface area (Å²) < 4.78 is 5.91. The summed E-state index contributed by atoms with van der Waals surface area (Å²) in [5, 5.41) is 6.53. The summed E-state index contributed by atoms with van der Waals surface area (Å²) in [6, 6.07) is 14.7. The van der Waals surface area contributed by atoms with E-state index in [1.807, 2.05) is 12.1 Å². The monoisotopic (exact) mass is 440 g/mol. The number of carbonyl (C=O) groups excluding carboxylic acids is 1. The smallest absolute Gasteiger partial charge is 0.247 e. The lowest BCUT2D eigenvalue weighted by molar-refractivity contribution is -0.117. The third kappa shape index (κ3) is 6.34. The van der Waals surface area contributed by atoms with Crippen molar-refractivity contribution in [3.05, 3.63) is 59.2 Å². The van der Waals surface area contributed by atoms with Gasteiger partial charge in [0.05, 0.1) is 6.61 Å². The number of benzene rings is 2. The largest absolute Gasteiger partial charge is 0.493 e. The molecule has 0 unspecified atom stereocenters. The molecule has 0 radical (unpaired) electrons. The van der Waals surface area contributed by atoms with Gasteiger partial charge in [0.15, 0.2) is 0 Å². The summed E-state index contributed by atoms with van der Waals surface area (Å²) in [6.45, 7) is 5.64. The maximum Gasteiger partial charge on any atom is 0.247 e. The Kier molecular flexibility index (Phi) is 8.56. The van der Waals surface area contributed by atoms with Crippen LogP contribution in [0.4, 0.5) is 0 Å². The lowest BCUT2D eigenvalue weighted by Gasteiger charge is -2.22. The first-order valence-corrected chi connectivity index (χ1v) is 11.2. The molecule has 2 aromatic rings. The van der Waals surface area contributed by atoms with Gasteiger partial charge in [-0.2, -0.15) is 0 Å². The second kappa shape index (κ2) is 11.4. The van der Waals surface area contributed by atoms with E-state index < -0.39 is 0 Å². The van der Waals surface area contributed by atoms with Gasteiger partial charge in [-0.15, -0.1) is 12.4 Å². The van der Waals surface area contributed by atoms with Crippen molar-refractivity contribution >= 4 is 24.4 Å². The van der Waals surface area contributed by atoms with Crippen molar-refractivity contribution < 1.29 is 9.53 Å². The Bertz CT molecular complexity index is 902. The molecule has 0 spiro atoms. The summed E-state index contributed by atoms with van der Waals surface area (Å²) in [5.74, 6) is 1.69. The van der Waals surface area contributed by atoms with E-state index in [2.05, 4.69) is 54.0 Å². The molecule has 2 aliphatic heterocycles. The minimum atomic E-state index is 0. The molecule has 1 amide bonds. The van der Waals surface area contributed by atoms with Crippen molar-refractivity contribution in [1.29, 1.82) is 0 Å². The van der Waals surface area contributed by atoms with Crippen molar-refractivity contribution in [2.75, 3.05) is 26.2 Å². The molecule has 2 aliphatic rings. The average Bonchev–Trinajstić information content (AvgIpc) is 3.00. The van der Waals surface area contributed by atoms with Gasteiger partial charge in [-0.1, -0.05) is 35.9 Å². The SMILES string of the molecule is Cc1ccc(-c2ccc3c(c2)C=C(C(=O)NCCCC2CCNCC2)CCO3)cc1.Cl. The Morgan fingerprint density at radius 3 is 2.61 bits per heavy atom. The van der Waals surface area contributed by atoms with E-state index in [1.165, 1.54) is 30.4 Å². The molecule has 4 nitrogen and oxygen atoms in total. The fraction of sp³-hybridized carbons (Fsp3) is 0.423. The molecule has 2 aromatic carbocycles. The Morgan fingerprint density at radius 1 is 1.10 bits per heavy atom. The van der Waals surface area contributed by atoms with Crippen LogP contribution in [0.5, 0.6) is 5.75 Å². The Labute approximate surface area is 191 Å². The van der Waals surface area contributed by atoms with Crippen molar-refractivity contribution in [3.8, 4) is 16.9 Å². The van der Waals surface area contributed by atoms with Crippen LogP contribution in [-0.4, -0.2) is 32.1 Å². The van der Waals surface area contributed by atoms with E-state index in [1.54, 1.807) is 0 Å². The molecule has 2 N–H and O–H groups in total. The van der Waals surface area contributed by atoms with Crippen LogP contribution in [0, 0.1) is 12.8 Å². The highest BCUT2D eigenvalue weighted by atomic mass is 35.5. The topological polar surface area (TPSA) is 50.4 Å². The Hall–Kier alpha value is -2.30. The lowest BCUT2D eigenvalue weighted by atomic mass is 9.93. The zero-order valence-corrected chi connectivity index (χ0v) is 19.1. The first-order valence-electron chi connectivity index (χ1n) is 11.2. The van der Waals surface area contributed by atoms with E-state index in [0.717, 1.165) is 54.4 Å². The van der Waals surface area contributed by atoms with Gasteiger partial charge in [-0.05, 0) is 81.0 Å². The summed E-state index contributed by atoms with van der Waals surface area (Å²) in [5.41, 5.74) is 5.33. The molecular formula is C26H33ClN2O2. The molecule has 0 aliphatic carbocycles. The van der Waals surface area contributed by atoms with Crippen molar-refractivity contribution in [1.82, 2.24) is 10.6 Å². The highest BCUT2D eigenvalue weighted by Gasteiger charge is 2.17. The lowest BCUT2D eigenvalue weighted by Crippen LogP contribution is -2.29. The number of aryl methyl sites for hydroxylation is 1. The third-order valence-corrected chi connectivity index (χ3v) is 6.18. The fourth-order valence-electron chi connectivity index (χ4n) is 4.30. The minimum absolute atomic E-state index is 0. The number of piperidine rings is 1. The predicted molar refractivity (Wildman–Crippen MR) is 130 cm³/mol. The Morgan fingerprint density at radius 2 is 1.84 bits per heavy atom. The maximum absolute atomic E-state index is 12.8. The summed E-state index contributed by atoms with van der Waals surface area (Å²) in [7, 11) is 0. The number of amides is 1. The van der Waals surface area contributed by atoms with Crippen LogP contribution in [-0.2, 0) is 4.79 Å². The number of fused-ring (bicyclic) bond motifs is 1. The van der Waals surface area contributed by atoms with Gasteiger partial charge in [0, 0.05) is 24.1 Å². The first kappa shape index (κ1) is 23.4. The Balaban J connectivity index is 0.00000272. The molecule has 5 heteroatoms. The predicted octanol–water partition coefficient (Wildman–Crippen LogP) is 5.15. The third-order valence-electron chi connectivity index (χ3n) is 6.18. The van der Waals surface area contributed by atoms with Crippen molar-refractivity contribution in [3.63, 3.8) is 0 Å². The number of nitrogens with one attached hydrogen (secondary N) is 2. The van der Waals surface area contributed by atoms with Gasteiger partial charge in [0.2, 0.25) is 5.91 Å². The summed E-state index contributed by atoms with van der Waals surface area (Å²) in [6.07, 6.45) is 7.41. The molecule has 1 fully saturated rings. The fourth-order valence-corrected chi connectivity index (χ4v) is 4.30. The number of hydrogen-bond donors (Lipinski definition) is 2. The second-order valence-electron chi connectivity index (χ2n) is 8.48. The number of rotatable bonds is 6. The van der Waals surface area contributed by atoms with Crippen LogP contribution in [0.25, 0.3) is 17.2 Å². The molecule has 31 heavy (non-hydrogen) atoms. The zero-order valence-electron chi connectivity index (χ0n) is 18.3. The van der Waals surface area contributed by atoms with Gasteiger partial charge < -0.3 is 15.4 Å². The molecule has 0 atom stereocenters. The molecule has 0 bridgehead atoms. The van der Waals surface area contributed by atoms with Crippen LogP contribution in [0.2, 0.25) is 0 Å². The molecular weight excluding hydrogens is 408 g/mol. The first-order chi connectivity index (χ1) is 14.7. The zero-order chi connectivity index (χ0) is 20.8. The van der Waals surface area contributed by atoms with Gasteiger partial charge in [0.25, 0.3) is 0 Å². The van der Waals surface area contributed by atoms with Crippen LogP contribution >= 0.6 is 12.4 Å². The number of ether oxygens (including phenoxy) is 1. The summed E-state index contributed by atoms with van der Waals surface area (Å²) >= 11 is 0. The molecule has 0 aromatic heterocycles. The van der Waals surface area contributed by atoms with E-state index >= 15 is 0 Å². The van der Waals surface area contributed by atoms with Crippen LogP contribution in [0.15, 0.2) is 48.0 Å². The standard InChI is InChI=1S/C26H32N2O2.ClH/c1-19-4-6-21(7-5-19)22-8-9-25-24(17-22)18-23(12-16-30-25)26(29)28-13-2-3-20-10-14-27-15-11-20;/h4-9,17-18,20,27H,2-3,10-16H2,1H3,(H,28,29);1H. The highest BCUT2D eigenvalue weighted by Crippen LogP contribution is 2.31. The molecule has 0 saturated carbocycles. The van der Waals surface area contributed by atoms with Gasteiger partial charge >= 0.3 is 0 Å². The number of carbonyl (C=O) groups is 1. The van der Waals surface area contributed by atoms with Gasteiger partial charge in [0.1, 0.15) is 5.75 Å². The molecule has 166 valence electrons. The molecule has 1 saturated heterocycles. The summed E-state index contributed by atoms with van der Waals surface area (Å²) in [4.78, 5) is 12.8. The molecule has 4 rings (SSSR count). The van der Waals surface area contributed by atoms with Crippen molar-refractivity contribution in [2.24, 2.45) is 5.92 Å². The van der Waals surface area contributed by atoms with Crippen LogP contribution < -0.4 is 15.4 Å². The van der Waals surface area contributed by atoms with Gasteiger partial charge in [-0.25, -0.2) is 0 Å². The van der Waals surface area contributed by atoms with E-state index in [0.29, 0.717) is 13.0 Å². The maximum atomic E-state index is 12.8. The van der Waals surface area contributed by atoms with E-state index in [4.69, 9.17) is 4.74 Å². The van der Waals surface area contributed by atoms with Crippen LogP contribution in [0.1, 0.15) is 43.2 Å². The van der Waals surface area contributed by atoms with E-state index in [9.17, 15) is 4.79 Å². The number of halogens is 1. The average molecular weight is 441 g/mol. The normalized spacial score (nSPS) is 16.2. The van der Waals surface area contributed by atoms with Gasteiger partial charge in [-0.3, -0.25) is 4.79 Å². The molecule has 2 heterocycles. The van der Waals surface area contributed by atoms with Crippen LogP contribution in [0.3, 0.4) is 0 Å². The highest BCUT2D eigenvalue weighted by molar-refractivity contribution is 5.98.